The minimum atomic E-state index is 0.472. The summed E-state index contributed by atoms with van der Waals surface area (Å²) in [6.07, 6.45) is 6.78. The molecular weight excluding hydrogens is 248 g/mol. The first-order valence-electron chi connectivity index (χ1n) is 8.09. The van der Waals surface area contributed by atoms with Crippen molar-refractivity contribution in [2.45, 2.75) is 51.2 Å². The van der Waals surface area contributed by atoms with E-state index in [9.17, 15) is 0 Å². The van der Waals surface area contributed by atoms with E-state index in [1.54, 1.807) is 0 Å². The number of piperidine rings is 1. The number of nitrogens with one attached hydrogen (secondary N) is 1. The van der Waals surface area contributed by atoms with Crippen LogP contribution in [0.4, 0.5) is 11.4 Å². The number of rotatable bonds is 5. The van der Waals surface area contributed by atoms with Gasteiger partial charge >= 0.3 is 0 Å². The number of ether oxygens (including phenoxy) is 1. The van der Waals surface area contributed by atoms with E-state index in [0.29, 0.717) is 12.1 Å². The van der Waals surface area contributed by atoms with Crippen LogP contribution in [0.2, 0.25) is 0 Å². The van der Waals surface area contributed by atoms with Crippen LogP contribution in [0.5, 0.6) is 0 Å². The van der Waals surface area contributed by atoms with Gasteiger partial charge in [0, 0.05) is 25.7 Å². The lowest BCUT2D eigenvalue weighted by atomic mass is 9.89. The number of anilines is 2. The molecule has 1 aliphatic heterocycles. The molecule has 1 saturated carbocycles. The second kappa shape index (κ2) is 6.49. The Labute approximate surface area is 122 Å². The first-order valence-corrected chi connectivity index (χ1v) is 8.09. The first-order chi connectivity index (χ1) is 9.86. The third-order valence-corrected chi connectivity index (χ3v) is 4.46. The Hall–Kier alpha value is -1.22. The third kappa shape index (κ3) is 3.09. The summed E-state index contributed by atoms with van der Waals surface area (Å²) in [5.41, 5.74) is 2.68. The van der Waals surface area contributed by atoms with Crippen molar-refractivity contribution in [1.29, 1.82) is 0 Å². The van der Waals surface area contributed by atoms with Crippen molar-refractivity contribution in [3.8, 4) is 0 Å². The van der Waals surface area contributed by atoms with Crippen molar-refractivity contribution in [2.24, 2.45) is 0 Å². The molecule has 3 nitrogen and oxygen atoms in total. The van der Waals surface area contributed by atoms with E-state index < -0.39 is 0 Å². The van der Waals surface area contributed by atoms with Crippen molar-refractivity contribution in [1.82, 2.24) is 0 Å². The highest BCUT2D eigenvalue weighted by Gasteiger charge is 2.30. The SMILES string of the molecule is CCOC1CC(Nc2ccccc2N2CCCCC2)C1. The van der Waals surface area contributed by atoms with Gasteiger partial charge in [0.05, 0.1) is 17.5 Å². The Kier molecular flexibility index (Phi) is 4.46. The van der Waals surface area contributed by atoms with Gasteiger partial charge in [-0.05, 0) is 51.2 Å². The van der Waals surface area contributed by atoms with Crippen LogP contribution in [0, 0.1) is 0 Å². The molecule has 0 unspecified atom stereocenters. The molecule has 0 amide bonds. The molecule has 1 aromatic carbocycles. The quantitative estimate of drug-likeness (QED) is 0.887. The maximum atomic E-state index is 5.64. The fourth-order valence-electron chi connectivity index (χ4n) is 3.28. The van der Waals surface area contributed by atoms with Gasteiger partial charge in [-0.2, -0.15) is 0 Å². The van der Waals surface area contributed by atoms with Gasteiger partial charge < -0.3 is 15.0 Å². The summed E-state index contributed by atoms with van der Waals surface area (Å²) < 4.78 is 5.64. The highest BCUT2D eigenvalue weighted by Crippen LogP contribution is 2.32. The zero-order valence-corrected chi connectivity index (χ0v) is 12.5. The molecule has 1 heterocycles. The highest BCUT2D eigenvalue weighted by atomic mass is 16.5. The Balaban J connectivity index is 1.61. The summed E-state index contributed by atoms with van der Waals surface area (Å²) in [7, 11) is 0. The average molecular weight is 274 g/mol. The van der Waals surface area contributed by atoms with Gasteiger partial charge in [-0.1, -0.05) is 12.1 Å². The Bertz CT molecular complexity index is 423. The van der Waals surface area contributed by atoms with Gasteiger partial charge in [-0.3, -0.25) is 0 Å². The summed E-state index contributed by atoms with van der Waals surface area (Å²) in [5.74, 6) is 0. The van der Waals surface area contributed by atoms with E-state index >= 15 is 0 Å². The molecule has 2 aliphatic rings. The van der Waals surface area contributed by atoms with E-state index in [-0.39, 0.29) is 0 Å². The lowest BCUT2D eigenvalue weighted by Crippen LogP contribution is -2.41. The molecule has 0 radical (unpaired) electrons. The van der Waals surface area contributed by atoms with Crippen molar-refractivity contribution < 1.29 is 4.74 Å². The molecule has 1 saturated heterocycles. The molecule has 3 heteroatoms. The monoisotopic (exact) mass is 274 g/mol. The summed E-state index contributed by atoms with van der Waals surface area (Å²) >= 11 is 0. The molecule has 20 heavy (non-hydrogen) atoms. The summed E-state index contributed by atoms with van der Waals surface area (Å²) in [5, 5.41) is 3.71. The van der Waals surface area contributed by atoms with Crippen molar-refractivity contribution in [3.05, 3.63) is 24.3 Å². The van der Waals surface area contributed by atoms with Crippen LogP contribution in [0.3, 0.4) is 0 Å². The Morgan fingerprint density at radius 1 is 1.15 bits per heavy atom. The molecule has 0 spiro atoms. The van der Waals surface area contributed by atoms with Crippen LogP contribution in [0.1, 0.15) is 39.0 Å². The normalized spacial score (nSPS) is 26.1. The standard InChI is InChI=1S/C17H26N2O/c1-2-20-15-12-14(13-15)18-16-8-4-5-9-17(16)19-10-6-3-7-11-19/h4-5,8-9,14-15,18H,2-3,6-7,10-13H2,1H3. The Morgan fingerprint density at radius 3 is 2.65 bits per heavy atom. The van der Waals surface area contributed by atoms with Crippen LogP contribution in [-0.2, 0) is 4.74 Å². The Morgan fingerprint density at radius 2 is 1.90 bits per heavy atom. The van der Waals surface area contributed by atoms with Crippen LogP contribution in [0.15, 0.2) is 24.3 Å². The van der Waals surface area contributed by atoms with E-state index in [1.165, 1.54) is 43.7 Å². The van der Waals surface area contributed by atoms with Gasteiger partial charge in [-0.25, -0.2) is 0 Å². The predicted octanol–water partition coefficient (Wildman–Crippen LogP) is 3.66. The largest absolute Gasteiger partial charge is 0.380 e. The minimum absolute atomic E-state index is 0.472. The molecule has 2 fully saturated rings. The highest BCUT2D eigenvalue weighted by molar-refractivity contribution is 5.70. The molecule has 1 aromatic rings. The zero-order chi connectivity index (χ0) is 13.8. The zero-order valence-electron chi connectivity index (χ0n) is 12.5. The second-order valence-electron chi connectivity index (χ2n) is 5.95. The fraction of sp³-hybridized carbons (Fsp3) is 0.647. The summed E-state index contributed by atoms with van der Waals surface area (Å²) in [4.78, 5) is 2.53. The van der Waals surface area contributed by atoms with Crippen LogP contribution < -0.4 is 10.2 Å². The molecule has 0 atom stereocenters. The molecule has 0 aromatic heterocycles. The number of hydrogen-bond donors (Lipinski definition) is 1. The molecule has 1 aliphatic carbocycles. The maximum absolute atomic E-state index is 5.64. The third-order valence-electron chi connectivity index (χ3n) is 4.46. The average Bonchev–Trinajstić information content (AvgIpc) is 2.46. The van der Waals surface area contributed by atoms with Crippen molar-refractivity contribution in [2.75, 3.05) is 29.9 Å². The van der Waals surface area contributed by atoms with Crippen LogP contribution >= 0.6 is 0 Å². The molecular formula is C17H26N2O. The smallest absolute Gasteiger partial charge is 0.0614 e. The maximum Gasteiger partial charge on any atom is 0.0614 e. The van der Waals surface area contributed by atoms with Gasteiger partial charge in [-0.15, -0.1) is 0 Å². The van der Waals surface area contributed by atoms with Gasteiger partial charge in [0.25, 0.3) is 0 Å². The van der Waals surface area contributed by atoms with Gasteiger partial charge in [0.15, 0.2) is 0 Å². The number of benzene rings is 1. The topological polar surface area (TPSA) is 24.5 Å². The molecule has 0 bridgehead atoms. The number of nitrogens with zero attached hydrogens (tertiary/aromatic N) is 1. The minimum Gasteiger partial charge on any atom is -0.380 e. The van der Waals surface area contributed by atoms with E-state index in [2.05, 4.69) is 41.4 Å². The number of hydrogen-bond acceptors (Lipinski definition) is 3. The van der Waals surface area contributed by atoms with Gasteiger partial charge in [0.2, 0.25) is 0 Å². The summed E-state index contributed by atoms with van der Waals surface area (Å²) in [6.45, 7) is 5.31. The van der Waals surface area contributed by atoms with E-state index in [1.807, 2.05) is 0 Å². The lowest BCUT2D eigenvalue weighted by molar-refractivity contribution is 0.00300. The molecule has 3 rings (SSSR count). The summed E-state index contributed by atoms with van der Waals surface area (Å²) in [6, 6.07) is 9.34. The lowest BCUT2D eigenvalue weighted by Gasteiger charge is -2.38. The predicted molar refractivity (Wildman–Crippen MR) is 84.6 cm³/mol. The first kappa shape index (κ1) is 13.7. The molecule has 110 valence electrons. The molecule has 1 N–H and O–H groups in total. The number of para-hydroxylation sites is 2. The second-order valence-corrected chi connectivity index (χ2v) is 5.95. The van der Waals surface area contributed by atoms with Crippen molar-refractivity contribution in [3.63, 3.8) is 0 Å². The van der Waals surface area contributed by atoms with Crippen LogP contribution in [0.25, 0.3) is 0 Å². The van der Waals surface area contributed by atoms with Crippen LogP contribution in [-0.4, -0.2) is 31.8 Å². The van der Waals surface area contributed by atoms with Gasteiger partial charge in [0.1, 0.15) is 0 Å². The van der Waals surface area contributed by atoms with Crippen molar-refractivity contribution >= 4 is 11.4 Å². The van der Waals surface area contributed by atoms with E-state index in [4.69, 9.17) is 4.74 Å². The van der Waals surface area contributed by atoms with E-state index in [0.717, 1.165) is 19.4 Å². The fourth-order valence-corrected chi connectivity index (χ4v) is 3.28.